The minimum Gasteiger partial charge on any atom is -0.352 e. The van der Waals surface area contributed by atoms with Crippen LogP contribution in [0.15, 0.2) is 18.2 Å². The zero-order valence-corrected chi connectivity index (χ0v) is 13.4. The summed E-state index contributed by atoms with van der Waals surface area (Å²) in [4.78, 5) is 27.2. The van der Waals surface area contributed by atoms with Crippen LogP contribution in [0.4, 0.5) is 0 Å². The monoisotopic (exact) mass is 309 g/mol. The lowest BCUT2D eigenvalue weighted by atomic mass is 9.53. The lowest BCUT2D eigenvalue weighted by Crippen LogP contribution is -2.48. The molecule has 1 aliphatic carbocycles. The molecule has 1 aromatic rings. The van der Waals surface area contributed by atoms with Gasteiger partial charge in [-0.1, -0.05) is 42.3 Å². The average Bonchev–Trinajstić information content (AvgIpc) is 3.18. The maximum absolute atomic E-state index is 12.8. The van der Waals surface area contributed by atoms with Crippen molar-refractivity contribution in [3.63, 3.8) is 0 Å². The van der Waals surface area contributed by atoms with Gasteiger partial charge < -0.3 is 10.2 Å². The van der Waals surface area contributed by atoms with Crippen LogP contribution in [0.2, 0.25) is 0 Å². The molecule has 2 amide bonds. The number of rotatable bonds is 3. The number of hydrogen-bond acceptors (Lipinski definition) is 2. The standard InChI is InChI=1S/C18H22BN2O2/c22-17(20-14-4-1-2-5-14)16-6-3-9-21(16)18(23)12-7-8-13-11-19-15(13)10-12/h7-8,10,14,16H,1-6,9,11H2,(H,20,22). The second kappa shape index (κ2) is 6.02. The third-order valence-electron chi connectivity index (χ3n) is 5.45. The predicted octanol–water partition coefficient (Wildman–Crippen LogP) is 1.19. The molecule has 23 heavy (non-hydrogen) atoms. The van der Waals surface area contributed by atoms with Crippen LogP contribution in [0, 0.1) is 0 Å². The Hall–Kier alpha value is -1.78. The smallest absolute Gasteiger partial charge is 0.254 e. The molecule has 2 aliphatic heterocycles. The van der Waals surface area contributed by atoms with Gasteiger partial charge in [-0.3, -0.25) is 9.59 Å². The number of carbonyl (C=O) groups is 2. The lowest BCUT2D eigenvalue weighted by molar-refractivity contribution is -0.125. The van der Waals surface area contributed by atoms with Crippen molar-refractivity contribution in [2.45, 2.75) is 56.9 Å². The van der Waals surface area contributed by atoms with Gasteiger partial charge in [0, 0.05) is 18.2 Å². The van der Waals surface area contributed by atoms with Crippen LogP contribution >= 0.6 is 0 Å². The van der Waals surface area contributed by atoms with E-state index in [0.29, 0.717) is 18.2 Å². The highest BCUT2D eigenvalue weighted by Crippen LogP contribution is 2.23. The van der Waals surface area contributed by atoms with E-state index in [1.54, 1.807) is 4.90 Å². The van der Waals surface area contributed by atoms with Crippen LogP contribution in [0.1, 0.15) is 54.4 Å². The minimum atomic E-state index is -0.293. The molecule has 4 rings (SSSR count). The van der Waals surface area contributed by atoms with Crippen LogP contribution in [0.25, 0.3) is 0 Å². The predicted molar refractivity (Wildman–Crippen MR) is 90.0 cm³/mol. The molecule has 1 aromatic carbocycles. The van der Waals surface area contributed by atoms with Gasteiger partial charge in [-0.15, -0.1) is 0 Å². The summed E-state index contributed by atoms with van der Waals surface area (Å²) < 4.78 is 0. The van der Waals surface area contributed by atoms with Crippen molar-refractivity contribution >= 4 is 24.6 Å². The van der Waals surface area contributed by atoms with E-state index in [4.69, 9.17) is 0 Å². The summed E-state index contributed by atoms with van der Waals surface area (Å²) in [6.45, 7) is 0.683. The largest absolute Gasteiger partial charge is 0.352 e. The number of nitrogens with one attached hydrogen (secondary N) is 1. The summed E-state index contributed by atoms with van der Waals surface area (Å²) in [5, 5.41) is 3.15. The van der Waals surface area contributed by atoms with E-state index < -0.39 is 0 Å². The molecular weight excluding hydrogens is 287 g/mol. The summed E-state index contributed by atoms with van der Waals surface area (Å²) in [7, 11) is 2.14. The number of fused-ring (bicyclic) bond motifs is 1. The Morgan fingerprint density at radius 3 is 2.65 bits per heavy atom. The number of nitrogens with zero attached hydrogens (tertiary/aromatic N) is 1. The number of benzene rings is 1. The first-order valence-electron chi connectivity index (χ1n) is 8.80. The quantitative estimate of drug-likeness (QED) is 0.853. The number of likely N-dealkylation sites (tertiary alicyclic amines) is 1. The average molecular weight is 309 g/mol. The summed E-state index contributed by atoms with van der Waals surface area (Å²) in [5.41, 5.74) is 3.18. The minimum absolute atomic E-state index is 0.00262. The van der Waals surface area contributed by atoms with Crippen molar-refractivity contribution in [2.75, 3.05) is 6.54 Å². The number of carbonyl (C=O) groups excluding carboxylic acids is 2. The van der Waals surface area contributed by atoms with Gasteiger partial charge in [-0.2, -0.15) is 0 Å². The van der Waals surface area contributed by atoms with Crippen LogP contribution < -0.4 is 10.8 Å². The topological polar surface area (TPSA) is 49.4 Å². The molecular formula is C18H22BN2O2. The zero-order chi connectivity index (χ0) is 15.8. The summed E-state index contributed by atoms with van der Waals surface area (Å²) in [6, 6.07) is 5.92. The van der Waals surface area contributed by atoms with Crippen molar-refractivity contribution in [1.82, 2.24) is 10.2 Å². The maximum Gasteiger partial charge on any atom is 0.254 e. The molecule has 0 aromatic heterocycles. The fourth-order valence-electron chi connectivity index (χ4n) is 4.01. The van der Waals surface area contributed by atoms with Crippen LogP contribution in [-0.4, -0.2) is 42.6 Å². The van der Waals surface area contributed by atoms with Gasteiger partial charge in [-0.25, -0.2) is 0 Å². The molecule has 1 radical (unpaired) electrons. The molecule has 0 bridgehead atoms. The Balaban J connectivity index is 1.46. The maximum atomic E-state index is 12.8. The molecule has 5 heteroatoms. The van der Waals surface area contributed by atoms with E-state index >= 15 is 0 Å². The van der Waals surface area contributed by atoms with Gasteiger partial charge in [0.1, 0.15) is 6.04 Å². The van der Waals surface area contributed by atoms with E-state index in [9.17, 15) is 9.59 Å². The highest BCUT2D eigenvalue weighted by molar-refractivity contribution is 6.59. The van der Waals surface area contributed by atoms with Crippen LogP contribution in [0.3, 0.4) is 0 Å². The molecule has 1 saturated heterocycles. The second-order valence-corrected chi connectivity index (χ2v) is 6.97. The second-order valence-electron chi connectivity index (χ2n) is 6.97. The van der Waals surface area contributed by atoms with Crippen molar-refractivity contribution in [2.24, 2.45) is 0 Å². The van der Waals surface area contributed by atoms with Gasteiger partial charge in [0.25, 0.3) is 5.91 Å². The van der Waals surface area contributed by atoms with Gasteiger partial charge in [0.2, 0.25) is 5.91 Å². The van der Waals surface area contributed by atoms with Crippen molar-refractivity contribution in [1.29, 1.82) is 0 Å². The molecule has 4 nitrogen and oxygen atoms in total. The van der Waals surface area contributed by atoms with Crippen LogP contribution in [0.5, 0.6) is 0 Å². The fourth-order valence-corrected chi connectivity index (χ4v) is 4.01. The van der Waals surface area contributed by atoms with E-state index in [1.807, 2.05) is 18.2 Å². The molecule has 1 N–H and O–H groups in total. The normalized spacial score (nSPS) is 23.1. The molecule has 3 aliphatic rings. The molecule has 1 unspecified atom stereocenters. The Morgan fingerprint density at radius 1 is 1.13 bits per heavy atom. The number of amides is 2. The molecule has 2 fully saturated rings. The van der Waals surface area contributed by atoms with E-state index in [-0.39, 0.29) is 17.9 Å². The third-order valence-corrected chi connectivity index (χ3v) is 5.45. The molecule has 1 saturated carbocycles. The van der Waals surface area contributed by atoms with Gasteiger partial charge in [0.05, 0.1) is 0 Å². The van der Waals surface area contributed by atoms with Gasteiger partial charge >= 0.3 is 0 Å². The molecule has 0 spiro atoms. The first-order valence-corrected chi connectivity index (χ1v) is 8.80. The summed E-state index contributed by atoms with van der Waals surface area (Å²) >= 11 is 0. The molecule has 119 valence electrons. The van der Waals surface area contributed by atoms with Crippen molar-refractivity contribution < 1.29 is 9.59 Å². The Labute approximate surface area is 137 Å². The van der Waals surface area contributed by atoms with Gasteiger partial charge in [0.15, 0.2) is 7.28 Å². The highest BCUT2D eigenvalue weighted by Gasteiger charge is 2.35. The molecule has 2 heterocycles. The summed E-state index contributed by atoms with van der Waals surface area (Å²) in [5.74, 6) is 0.0374. The zero-order valence-electron chi connectivity index (χ0n) is 13.4. The highest BCUT2D eigenvalue weighted by atomic mass is 16.2. The fraction of sp³-hybridized carbons (Fsp3) is 0.556. The van der Waals surface area contributed by atoms with E-state index in [0.717, 1.165) is 32.0 Å². The van der Waals surface area contributed by atoms with Crippen molar-refractivity contribution in [3.05, 3.63) is 29.3 Å². The van der Waals surface area contributed by atoms with Crippen molar-refractivity contribution in [3.8, 4) is 0 Å². The van der Waals surface area contributed by atoms with E-state index in [1.165, 1.54) is 23.9 Å². The lowest BCUT2D eigenvalue weighted by Gasteiger charge is -2.26. The third kappa shape index (κ3) is 2.77. The molecule has 1 atom stereocenters. The van der Waals surface area contributed by atoms with Crippen LogP contribution in [-0.2, 0) is 11.1 Å². The summed E-state index contributed by atoms with van der Waals surface area (Å²) in [6.07, 6.45) is 7.24. The Kier molecular flexibility index (Phi) is 3.88. The van der Waals surface area contributed by atoms with E-state index in [2.05, 4.69) is 12.6 Å². The number of hydrogen-bond donors (Lipinski definition) is 1. The SMILES string of the molecule is O=C(NC1CCCC1)C1CCCN1C(=O)c1ccc2c(c1)[B]C2. The first kappa shape index (κ1) is 14.8. The van der Waals surface area contributed by atoms with Gasteiger partial charge in [-0.05, 0) is 31.7 Å². The first-order chi connectivity index (χ1) is 11.2. The Bertz CT molecular complexity index is 640. The Morgan fingerprint density at radius 2 is 1.96 bits per heavy atom.